The van der Waals surface area contributed by atoms with Crippen molar-refractivity contribution in [2.45, 2.75) is 29.6 Å². The molecule has 1 aliphatic rings. The Balaban J connectivity index is 1.74. The van der Waals surface area contributed by atoms with Gasteiger partial charge >= 0.3 is 5.97 Å². The van der Waals surface area contributed by atoms with Gasteiger partial charge in [-0.2, -0.15) is 0 Å². The quantitative estimate of drug-likeness (QED) is 0.805. The smallest absolute Gasteiger partial charge is 0.337 e. The zero-order valence-corrected chi connectivity index (χ0v) is 14.9. The topological polar surface area (TPSA) is 72.5 Å². The van der Waals surface area contributed by atoms with Crippen LogP contribution in [0, 0.1) is 0 Å². The van der Waals surface area contributed by atoms with Gasteiger partial charge in [0, 0.05) is 12.0 Å². The van der Waals surface area contributed by atoms with E-state index < -0.39 is 16.0 Å². The van der Waals surface area contributed by atoms with Crippen LogP contribution in [0.2, 0.25) is 0 Å². The van der Waals surface area contributed by atoms with Crippen LogP contribution in [0.1, 0.15) is 35.2 Å². The molecule has 0 aliphatic heterocycles. The van der Waals surface area contributed by atoms with Gasteiger partial charge in [0.25, 0.3) is 0 Å². The normalized spacial score (nSPS) is 16.0. The molecule has 132 valence electrons. The largest absolute Gasteiger partial charge is 0.465 e. The molecule has 0 radical (unpaired) electrons. The van der Waals surface area contributed by atoms with E-state index >= 15 is 0 Å². The summed E-state index contributed by atoms with van der Waals surface area (Å²) in [5, 5.41) is 0. The summed E-state index contributed by atoms with van der Waals surface area (Å²) in [6.45, 7) is 0.373. The lowest BCUT2D eigenvalue weighted by Crippen LogP contribution is -2.45. The first-order valence-electron chi connectivity index (χ1n) is 8.20. The average molecular weight is 359 g/mol. The van der Waals surface area contributed by atoms with Gasteiger partial charge in [0.2, 0.25) is 10.0 Å². The molecule has 6 heteroatoms. The van der Waals surface area contributed by atoms with Crippen molar-refractivity contribution >= 4 is 16.0 Å². The Morgan fingerprint density at radius 3 is 2.24 bits per heavy atom. The van der Waals surface area contributed by atoms with Crippen LogP contribution in [-0.2, 0) is 20.2 Å². The maximum Gasteiger partial charge on any atom is 0.337 e. The van der Waals surface area contributed by atoms with Gasteiger partial charge in [0.15, 0.2) is 0 Å². The third kappa shape index (κ3) is 3.60. The van der Waals surface area contributed by atoms with Crippen LogP contribution < -0.4 is 4.72 Å². The second kappa shape index (κ2) is 6.98. The number of sulfonamides is 1. The lowest BCUT2D eigenvalue weighted by atomic mass is 9.64. The second-order valence-corrected chi connectivity index (χ2v) is 8.11. The molecular formula is C19H21NO4S. The summed E-state index contributed by atoms with van der Waals surface area (Å²) >= 11 is 0. The molecule has 0 spiro atoms. The standard InChI is InChI=1S/C19H21NO4S/c1-24-18(21)15-8-10-17(11-9-15)25(22,23)20-14-19(12-5-13-19)16-6-3-2-4-7-16/h2-4,6-11,20H,5,12-14H2,1H3. The summed E-state index contributed by atoms with van der Waals surface area (Å²) in [6, 6.07) is 15.8. The number of nitrogens with one attached hydrogen (secondary N) is 1. The molecule has 2 aromatic carbocycles. The molecule has 1 fully saturated rings. The van der Waals surface area contributed by atoms with E-state index in [0.29, 0.717) is 12.1 Å². The van der Waals surface area contributed by atoms with E-state index in [1.54, 1.807) is 0 Å². The number of carbonyl (C=O) groups excluding carboxylic acids is 1. The van der Waals surface area contributed by atoms with Crippen molar-refractivity contribution in [1.82, 2.24) is 4.72 Å². The van der Waals surface area contributed by atoms with E-state index in [2.05, 4.69) is 21.6 Å². The summed E-state index contributed by atoms with van der Waals surface area (Å²) < 4.78 is 32.5. The molecule has 25 heavy (non-hydrogen) atoms. The predicted octanol–water partition coefficient (Wildman–Crippen LogP) is 2.87. The fourth-order valence-electron chi connectivity index (χ4n) is 3.17. The van der Waals surface area contributed by atoms with Crippen molar-refractivity contribution in [3.63, 3.8) is 0 Å². The maximum absolute atomic E-state index is 12.6. The van der Waals surface area contributed by atoms with Gasteiger partial charge < -0.3 is 4.74 Å². The Hall–Kier alpha value is -2.18. The first-order valence-corrected chi connectivity index (χ1v) is 9.69. The van der Waals surface area contributed by atoms with Crippen molar-refractivity contribution in [3.05, 3.63) is 65.7 Å². The molecule has 5 nitrogen and oxygen atoms in total. The Bertz CT molecular complexity index is 841. The van der Waals surface area contributed by atoms with Crippen LogP contribution in [0.5, 0.6) is 0 Å². The van der Waals surface area contributed by atoms with Crippen LogP contribution in [-0.4, -0.2) is 28.0 Å². The second-order valence-electron chi connectivity index (χ2n) is 6.34. The van der Waals surface area contributed by atoms with E-state index in [4.69, 9.17) is 0 Å². The van der Waals surface area contributed by atoms with Crippen LogP contribution in [0.25, 0.3) is 0 Å². The van der Waals surface area contributed by atoms with Crippen molar-refractivity contribution < 1.29 is 17.9 Å². The highest BCUT2D eigenvalue weighted by molar-refractivity contribution is 7.89. The summed E-state index contributed by atoms with van der Waals surface area (Å²) in [6.07, 6.45) is 3.05. The zero-order chi connectivity index (χ0) is 17.9. The molecule has 3 rings (SSSR count). The number of benzene rings is 2. The highest BCUT2D eigenvalue weighted by Crippen LogP contribution is 2.43. The molecule has 0 saturated heterocycles. The van der Waals surface area contributed by atoms with Crippen LogP contribution in [0.4, 0.5) is 0 Å². The number of carbonyl (C=O) groups is 1. The first kappa shape index (κ1) is 17.6. The molecular weight excluding hydrogens is 338 g/mol. The molecule has 1 N–H and O–H groups in total. The SMILES string of the molecule is COC(=O)c1ccc(S(=O)(=O)NCC2(c3ccccc3)CCC2)cc1. The van der Waals surface area contributed by atoms with E-state index in [-0.39, 0.29) is 10.3 Å². The number of hydrogen-bond acceptors (Lipinski definition) is 4. The summed E-state index contributed by atoms with van der Waals surface area (Å²) in [4.78, 5) is 11.6. The molecule has 0 bridgehead atoms. The minimum absolute atomic E-state index is 0.125. The first-order chi connectivity index (χ1) is 12.0. The monoisotopic (exact) mass is 359 g/mol. The van der Waals surface area contributed by atoms with Crippen molar-refractivity contribution in [2.75, 3.05) is 13.7 Å². The van der Waals surface area contributed by atoms with Gasteiger partial charge in [-0.3, -0.25) is 0 Å². The Labute approximate surface area is 148 Å². The molecule has 0 amide bonds. The molecule has 1 aliphatic carbocycles. The third-order valence-electron chi connectivity index (χ3n) is 4.88. The van der Waals surface area contributed by atoms with Gasteiger partial charge in [-0.05, 0) is 42.7 Å². The maximum atomic E-state index is 12.6. The fourth-order valence-corrected chi connectivity index (χ4v) is 4.29. The summed E-state index contributed by atoms with van der Waals surface area (Å²) in [7, 11) is -2.34. The van der Waals surface area contributed by atoms with Gasteiger partial charge in [-0.15, -0.1) is 0 Å². The minimum Gasteiger partial charge on any atom is -0.465 e. The summed E-state index contributed by atoms with van der Waals surface area (Å²) in [5.74, 6) is -0.491. The average Bonchev–Trinajstić information content (AvgIpc) is 2.61. The van der Waals surface area contributed by atoms with Crippen LogP contribution in [0.3, 0.4) is 0 Å². The highest BCUT2D eigenvalue weighted by Gasteiger charge is 2.39. The molecule has 0 aromatic heterocycles. The lowest BCUT2D eigenvalue weighted by Gasteiger charge is -2.42. The van der Waals surface area contributed by atoms with E-state index in [0.717, 1.165) is 19.3 Å². The van der Waals surface area contributed by atoms with Crippen molar-refractivity contribution in [2.24, 2.45) is 0 Å². The fraction of sp³-hybridized carbons (Fsp3) is 0.316. The Morgan fingerprint density at radius 2 is 1.72 bits per heavy atom. The number of ether oxygens (including phenoxy) is 1. The van der Waals surface area contributed by atoms with E-state index in [1.165, 1.54) is 36.9 Å². The minimum atomic E-state index is -3.63. The third-order valence-corrected chi connectivity index (χ3v) is 6.30. The predicted molar refractivity (Wildman–Crippen MR) is 94.9 cm³/mol. The molecule has 0 unspecified atom stereocenters. The lowest BCUT2D eigenvalue weighted by molar-refractivity contribution is 0.0600. The number of esters is 1. The molecule has 0 atom stereocenters. The number of hydrogen-bond donors (Lipinski definition) is 1. The van der Waals surface area contributed by atoms with E-state index in [9.17, 15) is 13.2 Å². The van der Waals surface area contributed by atoms with Gasteiger partial charge in [0.1, 0.15) is 0 Å². The van der Waals surface area contributed by atoms with Gasteiger partial charge in [-0.25, -0.2) is 17.9 Å². The highest BCUT2D eigenvalue weighted by atomic mass is 32.2. The van der Waals surface area contributed by atoms with Gasteiger partial charge in [0.05, 0.1) is 17.6 Å². The van der Waals surface area contributed by atoms with Crippen molar-refractivity contribution in [1.29, 1.82) is 0 Å². The van der Waals surface area contributed by atoms with Crippen LogP contribution >= 0.6 is 0 Å². The summed E-state index contributed by atoms with van der Waals surface area (Å²) in [5.41, 5.74) is 1.37. The number of methoxy groups -OCH3 is 1. The molecule has 0 heterocycles. The number of rotatable bonds is 6. The van der Waals surface area contributed by atoms with Crippen molar-refractivity contribution in [3.8, 4) is 0 Å². The Morgan fingerprint density at radius 1 is 1.08 bits per heavy atom. The van der Waals surface area contributed by atoms with Crippen LogP contribution in [0.15, 0.2) is 59.5 Å². The Kier molecular flexibility index (Phi) is 4.92. The van der Waals surface area contributed by atoms with Gasteiger partial charge in [-0.1, -0.05) is 36.8 Å². The zero-order valence-electron chi connectivity index (χ0n) is 14.1. The van der Waals surface area contributed by atoms with E-state index in [1.807, 2.05) is 18.2 Å². The molecule has 1 saturated carbocycles. The molecule has 2 aromatic rings.